The van der Waals surface area contributed by atoms with Crippen molar-refractivity contribution in [3.05, 3.63) is 66.0 Å². The fourth-order valence-corrected chi connectivity index (χ4v) is 2.95. The van der Waals surface area contributed by atoms with Crippen molar-refractivity contribution in [3.8, 4) is 11.5 Å². The monoisotopic (exact) mass is 325 g/mol. The third kappa shape index (κ3) is 4.68. The van der Waals surface area contributed by atoms with E-state index in [1.807, 2.05) is 12.1 Å². The van der Waals surface area contributed by atoms with Crippen LogP contribution in [0.2, 0.25) is 0 Å². The van der Waals surface area contributed by atoms with Gasteiger partial charge < -0.3 is 4.74 Å². The molecule has 0 unspecified atom stereocenters. The van der Waals surface area contributed by atoms with Crippen molar-refractivity contribution < 1.29 is 9.13 Å². The molecule has 1 aliphatic heterocycles. The molecule has 0 amide bonds. The van der Waals surface area contributed by atoms with E-state index in [1.54, 1.807) is 12.1 Å². The first-order chi connectivity index (χ1) is 11.7. The Balaban J connectivity index is 1.59. The number of piperidine rings is 1. The molecule has 0 saturated carbocycles. The van der Waals surface area contributed by atoms with Crippen LogP contribution in [0.3, 0.4) is 0 Å². The molecule has 2 aromatic rings. The molecule has 24 heavy (non-hydrogen) atoms. The van der Waals surface area contributed by atoms with Crippen molar-refractivity contribution >= 4 is 5.57 Å². The Bertz CT molecular complexity index is 670. The predicted octanol–water partition coefficient (Wildman–Crippen LogP) is 5.51. The number of halogens is 1. The van der Waals surface area contributed by atoms with Crippen molar-refractivity contribution in [1.82, 2.24) is 4.90 Å². The first kappa shape index (κ1) is 16.7. The van der Waals surface area contributed by atoms with E-state index in [4.69, 9.17) is 4.74 Å². The number of likely N-dealkylation sites (tertiary alicyclic amines) is 1. The van der Waals surface area contributed by atoms with Gasteiger partial charge in [-0.2, -0.15) is 0 Å². The van der Waals surface area contributed by atoms with Gasteiger partial charge in [0.1, 0.15) is 17.3 Å². The quantitative estimate of drug-likeness (QED) is 0.719. The van der Waals surface area contributed by atoms with Crippen molar-refractivity contribution in [2.75, 3.05) is 19.6 Å². The van der Waals surface area contributed by atoms with Crippen LogP contribution >= 0.6 is 0 Å². The second kappa shape index (κ2) is 8.11. The van der Waals surface area contributed by atoms with E-state index < -0.39 is 0 Å². The van der Waals surface area contributed by atoms with Crippen molar-refractivity contribution in [3.63, 3.8) is 0 Å². The van der Waals surface area contributed by atoms with Gasteiger partial charge in [0.05, 0.1) is 0 Å². The molecular formula is C21H24FNO. The summed E-state index contributed by atoms with van der Waals surface area (Å²) in [5.74, 6) is 1.14. The SMILES string of the molecule is CC(=CCN1CCCCC1)c1ccc(Oc2ccc(F)cc2)cc1. The van der Waals surface area contributed by atoms with Crippen LogP contribution in [-0.2, 0) is 0 Å². The molecule has 3 rings (SSSR count). The summed E-state index contributed by atoms with van der Waals surface area (Å²) in [6.07, 6.45) is 6.32. The lowest BCUT2D eigenvalue weighted by Gasteiger charge is -2.25. The summed E-state index contributed by atoms with van der Waals surface area (Å²) in [7, 11) is 0. The predicted molar refractivity (Wildman–Crippen MR) is 96.9 cm³/mol. The van der Waals surface area contributed by atoms with Gasteiger partial charge in [0.25, 0.3) is 0 Å². The van der Waals surface area contributed by atoms with Crippen LogP contribution in [0, 0.1) is 5.82 Å². The van der Waals surface area contributed by atoms with Gasteiger partial charge in [-0.05, 0) is 80.4 Å². The molecule has 0 aliphatic carbocycles. The van der Waals surface area contributed by atoms with Crippen LogP contribution in [-0.4, -0.2) is 24.5 Å². The van der Waals surface area contributed by atoms with E-state index >= 15 is 0 Å². The number of allylic oxidation sites excluding steroid dienone is 1. The lowest BCUT2D eigenvalue weighted by molar-refractivity contribution is 0.251. The zero-order chi connectivity index (χ0) is 16.8. The van der Waals surface area contributed by atoms with Gasteiger partial charge in [0, 0.05) is 6.54 Å². The van der Waals surface area contributed by atoms with Crippen molar-refractivity contribution in [2.45, 2.75) is 26.2 Å². The van der Waals surface area contributed by atoms with Gasteiger partial charge in [-0.25, -0.2) is 4.39 Å². The van der Waals surface area contributed by atoms with Gasteiger partial charge in [0.15, 0.2) is 0 Å². The van der Waals surface area contributed by atoms with E-state index in [2.05, 4.69) is 30.0 Å². The molecule has 0 atom stereocenters. The molecule has 1 aliphatic rings. The zero-order valence-corrected chi connectivity index (χ0v) is 14.2. The molecule has 1 saturated heterocycles. The summed E-state index contributed by atoms with van der Waals surface area (Å²) in [6.45, 7) is 5.61. The maximum atomic E-state index is 12.9. The molecule has 0 bridgehead atoms. The van der Waals surface area contributed by atoms with Crippen LogP contribution < -0.4 is 4.74 Å². The number of ether oxygens (including phenoxy) is 1. The molecular weight excluding hydrogens is 301 g/mol. The molecule has 0 aromatic heterocycles. The lowest BCUT2D eigenvalue weighted by atomic mass is 10.1. The fourth-order valence-electron chi connectivity index (χ4n) is 2.95. The Hall–Kier alpha value is -2.13. The third-order valence-corrected chi connectivity index (χ3v) is 4.46. The Morgan fingerprint density at radius 2 is 1.54 bits per heavy atom. The van der Waals surface area contributed by atoms with Gasteiger partial charge in [-0.1, -0.05) is 24.6 Å². The maximum absolute atomic E-state index is 12.9. The summed E-state index contributed by atoms with van der Waals surface area (Å²) in [6, 6.07) is 14.1. The molecule has 2 nitrogen and oxygen atoms in total. The minimum atomic E-state index is -0.257. The Morgan fingerprint density at radius 1 is 0.958 bits per heavy atom. The summed E-state index contributed by atoms with van der Waals surface area (Å²) < 4.78 is 18.6. The third-order valence-electron chi connectivity index (χ3n) is 4.46. The Kier molecular flexibility index (Phi) is 5.65. The number of nitrogens with zero attached hydrogens (tertiary/aromatic N) is 1. The summed E-state index contributed by atoms with van der Waals surface area (Å²) in [5, 5.41) is 0. The topological polar surface area (TPSA) is 12.5 Å². The molecule has 0 radical (unpaired) electrons. The van der Waals surface area contributed by atoms with E-state index in [1.165, 1.54) is 55.6 Å². The summed E-state index contributed by atoms with van der Waals surface area (Å²) >= 11 is 0. The normalized spacial score (nSPS) is 16.2. The molecule has 1 fully saturated rings. The van der Waals surface area contributed by atoms with Gasteiger partial charge in [-0.15, -0.1) is 0 Å². The van der Waals surface area contributed by atoms with Crippen LogP contribution in [0.4, 0.5) is 4.39 Å². The summed E-state index contributed by atoms with van der Waals surface area (Å²) in [5.41, 5.74) is 2.49. The van der Waals surface area contributed by atoms with Crippen LogP contribution in [0.1, 0.15) is 31.7 Å². The van der Waals surface area contributed by atoms with Crippen molar-refractivity contribution in [1.29, 1.82) is 0 Å². The second-order valence-electron chi connectivity index (χ2n) is 6.33. The van der Waals surface area contributed by atoms with Crippen LogP contribution in [0.25, 0.3) is 5.57 Å². The van der Waals surface area contributed by atoms with E-state index in [0.29, 0.717) is 5.75 Å². The first-order valence-electron chi connectivity index (χ1n) is 8.64. The van der Waals surface area contributed by atoms with Gasteiger partial charge >= 0.3 is 0 Å². The lowest BCUT2D eigenvalue weighted by Crippen LogP contribution is -2.29. The standard InChI is InChI=1S/C21H24FNO/c1-17(13-16-23-14-3-2-4-15-23)18-5-9-20(10-6-18)24-21-11-7-19(22)8-12-21/h5-13H,2-4,14-16H2,1H3. The smallest absolute Gasteiger partial charge is 0.127 e. The average molecular weight is 325 g/mol. The van der Waals surface area contributed by atoms with Crippen LogP contribution in [0.15, 0.2) is 54.6 Å². The largest absolute Gasteiger partial charge is 0.457 e. The minimum Gasteiger partial charge on any atom is -0.457 e. The fraction of sp³-hybridized carbons (Fsp3) is 0.333. The van der Waals surface area contributed by atoms with Gasteiger partial charge in [-0.3, -0.25) is 4.90 Å². The number of hydrogen-bond acceptors (Lipinski definition) is 2. The second-order valence-corrected chi connectivity index (χ2v) is 6.33. The number of hydrogen-bond donors (Lipinski definition) is 0. The minimum absolute atomic E-state index is 0.257. The Morgan fingerprint density at radius 3 is 2.17 bits per heavy atom. The highest BCUT2D eigenvalue weighted by atomic mass is 19.1. The first-order valence-corrected chi connectivity index (χ1v) is 8.64. The van der Waals surface area contributed by atoms with E-state index in [-0.39, 0.29) is 5.82 Å². The molecule has 2 aromatic carbocycles. The highest BCUT2D eigenvalue weighted by Crippen LogP contribution is 2.24. The molecule has 3 heteroatoms. The van der Waals surface area contributed by atoms with Crippen LogP contribution in [0.5, 0.6) is 11.5 Å². The van der Waals surface area contributed by atoms with Crippen molar-refractivity contribution in [2.24, 2.45) is 0 Å². The molecule has 0 N–H and O–H groups in total. The number of rotatable bonds is 5. The molecule has 126 valence electrons. The summed E-state index contributed by atoms with van der Waals surface area (Å²) in [4.78, 5) is 2.51. The van der Waals surface area contributed by atoms with E-state index in [0.717, 1.165) is 12.3 Å². The molecule has 1 heterocycles. The van der Waals surface area contributed by atoms with Gasteiger partial charge in [0.2, 0.25) is 0 Å². The Labute approximate surface area is 143 Å². The zero-order valence-electron chi connectivity index (χ0n) is 14.2. The highest BCUT2D eigenvalue weighted by molar-refractivity contribution is 5.64. The molecule has 0 spiro atoms. The van der Waals surface area contributed by atoms with E-state index in [9.17, 15) is 4.39 Å². The average Bonchev–Trinajstić information content (AvgIpc) is 2.63. The maximum Gasteiger partial charge on any atom is 0.127 e. The number of benzene rings is 2. The highest BCUT2D eigenvalue weighted by Gasteiger charge is 2.08.